The first kappa shape index (κ1) is 15.0. The Morgan fingerprint density at radius 1 is 1.15 bits per heavy atom. The average Bonchev–Trinajstić information content (AvgIpc) is 2.73. The second-order valence-electron chi connectivity index (χ2n) is 5.51. The second-order valence-corrected chi connectivity index (χ2v) is 7.96. The van der Waals surface area contributed by atoms with Crippen LogP contribution in [0, 0.1) is 0 Å². The van der Waals surface area contributed by atoms with Crippen LogP contribution in [0.4, 0.5) is 0 Å². The van der Waals surface area contributed by atoms with Gasteiger partial charge in [0.1, 0.15) is 5.82 Å². The summed E-state index contributed by atoms with van der Waals surface area (Å²) in [6, 6.07) is 9.68. The molecule has 0 atom stereocenters. The number of hydrogen-bond acceptors (Lipinski definition) is 4. The van der Waals surface area contributed by atoms with Gasteiger partial charge in [0.25, 0.3) is 14.2 Å². The Bertz CT molecular complexity index is 703. The minimum Gasteiger partial charge on any atom is -0.295 e. The summed E-state index contributed by atoms with van der Waals surface area (Å²) in [6.45, 7) is 5.66. The normalized spacial score (nSPS) is 12.6. The molecule has 1 aromatic carbocycles. The minimum absolute atomic E-state index is 0.211. The minimum atomic E-state index is -3.93. The lowest BCUT2D eigenvalue weighted by Gasteiger charge is -2.24. The molecule has 20 heavy (non-hydrogen) atoms. The highest BCUT2D eigenvalue weighted by Crippen LogP contribution is 2.24. The van der Waals surface area contributed by atoms with E-state index >= 15 is 0 Å². The van der Waals surface area contributed by atoms with Crippen molar-refractivity contribution < 1.29 is 8.42 Å². The van der Waals surface area contributed by atoms with Crippen LogP contribution in [0.2, 0.25) is 0 Å². The van der Waals surface area contributed by atoms with Gasteiger partial charge in [0.05, 0.1) is 0 Å². The van der Waals surface area contributed by atoms with E-state index in [0.29, 0.717) is 12.2 Å². The van der Waals surface area contributed by atoms with Crippen LogP contribution in [0.15, 0.2) is 35.5 Å². The molecule has 0 aliphatic rings. The molecule has 0 unspecified atom stereocenters. The van der Waals surface area contributed by atoms with Gasteiger partial charge >= 0.3 is 0 Å². The van der Waals surface area contributed by atoms with E-state index in [1.54, 1.807) is 4.57 Å². The molecule has 0 saturated carbocycles. The molecule has 7 heteroatoms. The van der Waals surface area contributed by atoms with Crippen molar-refractivity contribution in [1.82, 2.24) is 14.8 Å². The smallest absolute Gasteiger partial charge is 0.295 e. The zero-order valence-electron chi connectivity index (χ0n) is 11.5. The Kier molecular flexibility index (Phi) is 3.88. The highest BCUT2D eigenvalue weighted by atomic mass is 35.7. The summed E-state index contributed by atoms with van der Waals surface area (Å²) in [5.74, 6) is 0.572. The van der Waals surface area contributed by atoms with Crippen molar-refractivity contribution in [1.29, 1.82) is 0 Å². The largest absolute Gasteiger partial charge is 0.296 e. The zero-order chi connectivity index (χ0) is 15.0. The molecule has 0 bridgehead atoms. The molecule has 2 aromatic rings. The Morgan fingerprint density at radius 2 is 1.75 bits per heavy atom. The molecule has 0 radical (unpaired) electrons. The first-order valence-electron chi connectivity index (χ1n) is 6.13. The quantitative estimate of drug-likeness (QED) is 0.817. The molecule has 0 aliphatic carbocycles. The number of hydrogen-bond donors (Lipinski definition) is 0. The van der Waals surface area contributed by atoms with Gasteiger partial charge in [-0.3, -0.25) is 4.57 Å². The Hall–Kier alpha value is -1.40. The number of nitrogens with zero attached hydrogens (tertiary/aromatic N) is 3. The Morgan fingerprint density at radius 3 is 2.25 bits per heavy atom. The van der Waals surface area contributed by atoms with Gasteiger partial charge < -0.3 is 0 Å². The maximum absolute atomic E-state index is 11.6. The van der Waals surface area contributed by atoms with Crippen LogP contribution in [-0.4, -0.2) is 23.2 Å². The van der Waals surface area contributed by atoms with Gasteiger partial charge in [0, 0.05) is 22.6 Å². The van der Waals surface area contributed by atoms with Crippen LogP contribution in [0.25, 0.3) is 0 Å². The number of rotatable bonds is 3. The number of halogens is 1. The fourth-order valence-electron chi connectivity index (χ4n) is 2.03. The van der Waals surface area contributed by atoms with Crippen LogP contribution < -0.4 is 0 Å². The van der Waals surface area contributed by atoms with E-state index in [1.807, 2.05) is 51.1 Å². The molecule has 1 aromatic heterocycles. The van der Waals surface area contributed by atoms with E-state index in [4.69, 9.17) is 10.7 Å². The van der Waals surface area contributed by atoms with Gasteiger partial charge in [-0.15, -0.1) is 10.2 Å². The fourth-order valence-corrected chi connectivity index (χ4v) is 3.06. The van der Waals surface area contributed by atoms with Crippen molar-refractivity contribution in [3.63, 3.8) is 0 Å². The molecule has 0 aliphatic heterocycles. The third-order valence-electron chi connectivity index (χ3n) is 2.79. The summed E-state index contributed by atoms with van der Waals surface area (Å²) in [5, 5.41) is 7.53. The van der Waals surface area contributed by atoms with Gasteiger partial charge in [0.2, 0.25) is 0 Å². The lowest BCUT2D eigenvalue weighted by atomic mass is 10.1. The lowest BCUT2D eigenvalue weighted by Crippen LogP contribution is -2.27. The maximum Gasteiger partial charge on any atom is 0.296 e. The van der Waals surface area contributed by atoms with Crippen molar-refractivity contribution in [2.45, 2.75) is 37.9 Å². The van der Waals surface area contributed by atoms with E-state index in [-0.39, 0.29) is 5.16 Å². The first-order valence-corrected chi connectivity index (χ1v) is 8.44. The molecule has 0 fully saturated rings. The maximum atomic E-state index is 11.6. The van der Waals surface area contributed by atoms with Crippen molar-refractivity contribution in [3.8, 4) is 0 Å². The summed E-state index contributed by atoms with van der Waals surface area (Å²) in [7, 11) is 1.51. The highest BCUT2D eigenvalue weighted by molar-refractivity contribution is 8.13. The molecule has 5 nitrogen and oxygen atoms in total. The Balaban J connectivity index is 2.53. The van der Waals surface area contributed by atoms with Crippen molar-refractivity contribution in [2.24, 2.45) is 0 Å². The average molecular weight is 314 g/mol. The van der Waals surface area contributed by atoms with E-state index in [9.17, 15) is 8.42 Å². The molecule has 0 amide bonds. The zero-order valence-corrected chi connectivity index (χ0v) is 13.1. The summed E-state index contributed by atoms with van der Waals surface area (Å²) >= 11 is 0. The van der Waals surface area contributed by atoms with Gasteiger partial charge in [-0.1, -0.05) is 30.3 Å². The standard InChI is InChI=1S/C13H16ClN3O2S/c1-13(2,3)17-11(9-10-7-5-4-6-8-10)15-16-12(17)20(14,18)19/h4-8H,9H2,1-3H3. The Labute approximate surface area is 123 Å². The topological polar surface area (TPSA) is 64.8 Å². The molecular formula is C13H16ClN3O2S. The van der Waals surface area contributed by atoms with Crippen LogP contribution in [0.3, 0.4) is 0 Å². The predicted octanol–water partition coefficient (Wildman–Crippen LogP) is 2.55. The lowest BCUT2D eigenvalue weighted by molar-refractivity contribution is 0.352. The fraction of sp³-hybridized carbons (Fsp3) is 0.385. The molecular weight excluding hydrogens is 298 g/mol. The molecule has 1 heterocycles. The summed E-state index contributed by atoms with van der Waals surface area (Å²) in [4.78, 5) is 0. The van der Waals surface area contributed by atoms with Crippen LogP contribution in [0.1, 0.15) is 32.2 Å². The van der Waals surface area contributed by atoms with Crippen LogP contribution >= 0.6 is 10.7 Å². The van der Waals surface area contributed by atoms with Crippen LogP contribution in [-0.2, 0) is 21.0 Å². The first-order chi connectivity index (χ1) is 9.19. The second kappa shape index (κ2) is 5.18. The van der Waals surface area contributed by atoms with Crippen LogP contribution in [0.5, 0.6) is 0 Å². The van der Waals surface area contributed by atoms with Gasteiger partial charge in [-0.2, -0.15) is 0 Å². The van der Waals surface area contributed by atoms with Gasteiger partial charge in [0.15, 0.2) is 0 Å². The summed E-state index contributed by atoms with van der Waals surface area (Å²) in [5.41, 5.74) is 0.550. The van der Waals surface area contributed by atoms with Crippen molar-refractivity contribution >= 4 is 19.7 Å². The van der Waals surface area contributed by atoms with Gasteiger partial charge in [-0.25, -0.2) is 8.42 Å². The number of aromatic nitrogens is 3. The molecule has 0 saturated heterocycles. The highest BCUT2D eigenvalue weighted by Gasteiger charge is 2.29. The van der Waals surface area contributed by atoms with Crippen molar-refractivity contribution in [3.05, 3.63) is 41.7 Å². The molecule has 0 N–H and O–H groups in total. The molecule has 108 valence electrons. The van der Waals surface area contributed by atoms with Crippen molar-refractivity contribution in [2.75, 3.05) is 0 Å². The third-order valence-corrected chi connectivity index (χ3v) is 3.91. The third kappa shape index (κ3) is 3.19. The molecule has 2 rings (SSSR count). The van der Waals surface area contributed by atoms with E-state index in [1.165, 1.54) is 0 Å². The SMILES string of the molecule is CC(C)(C)n1c(Cc2ccccc2)nnc1S(=O)(=O)Cl. The number of benzene rings is 1. The van der Waals surface area contributed by atoms with E-state index in [0.717, 1.165) is 5.56 Å². The van der Waals surface area contributed by atoms with Gasteiger partial charge in [-0.05, 0) is 26.3 Å². The summed E-state index contributed by atoms with van der Waals surface area (Å²) < 4.78 is 24.8. The molecule has 0 spiro atoms. The predicted molar refractivity (Wildman–Crippen MR) is 77.3 cm³/mol. The van der Waals surface area contributed by atoms with E-state index in [2.05, 4.69) is 10.2 Å². The monoisotopic (exact) mass is 313 g/mol. The summed E-state index contributed by atoms with van der Waals surface area (Å²) in [6.07, 6.45) is 0.498. The van der Waals surface area contributed by atoms with E-state index < -0.39 is 14.6 Å².